The highest BCUT2D eigenvalue weighted by atomic mass is 32.1. The summed E-state index contributed by atoms with van der Waals surface area (Å²) in [5.74, 6) is 0. The number of nitrogens with zero attached hydrogens (tertiary/aromatic N) is 1. The summed E-state index contributed by atoms with van der Waals surface area (Å²) in [5, 5.41) is 4.93. The molecule has 0 saturated carbocycles. The van der Waals surface area contributed by atoms with Gasteiger partial charge < -0.3 is 10.3 Å². The van der Waals surface area contributed by atoms with E-state index in [9.17, 15) is 0 Å². The Bertz CT molecular complexity index is 1780. The van der Waals surface area contributed by atoms with Gasteiger partial charge in [0.05, 0.1) is 16.7 Å². The Hall–Kier alpha value is -4.08. The van der Waals surface area contributed by atoms with Crippen molar-refractivity contribution in [2.24, 2.45) is 0 Å². The number of rotatable bonds is 2. The van der Waals surface area contributed by atoms with Gasteiger partial charge in [0.25, 0.3) is 0 Å². The van der Waals surface area contributed by atoms with Crippen molar-refractivity contribution in [3.05, 3.63) is 109 Å². The molecular formula is C30H20N2S. The fraction of sp³-hybridized carbons (Fsp3) is 0. The third-order valence-corrected chi connectivity index (χ3v) is 7.70. The lowest BCUT2D eigenvalue weighted by Crippen LogP contribution is -1.96. The molecular weight excluding hydrogens is 420 g/mol. The monoisotopic (exact) mass is 440 g/mol. The van der Waals surface area contributed by atoms with Crippen molar-refractivity contribution < 1.29 is 0 Å². The van der Waals surface area contributed by atoms with Crippen LogP contribution in [0.3, 0.4) is 0 Å². The zero-order valence-electron chi connectivity index (χ0n) is 17.8. The van der Waals surface area contributed by atoms with Crippen LogP contribution in [-0.2, 0) is 0 Å². The van der Waals surface area contributed by atoms with Crippen molar-refractivity contribution >= 4 is 59.0 Å². The van der Waals surface area contributed by atoms with Crippen LogP contribution in [0.2, 0.25) is 0 Å². The summed E-state index contributed by atoms with van der Waals surface area (Å²) >= 11 is 1.80. The van der Waals surface area contributed by atoms with Crippen molar-refractivity contribution in [1.82, 2.24) is 4.57 Å². The largest absolute Gasteiger partial charge is 0.398 e. The minimum Gasteiger partial charge on any atom is -0.398 e. The van der Waals surface area contributed by atoms with E-state index in [1.54, 1.807) is 11.3 Å². The molecule has 0 unspecified atom stereocenters. The molecule has 0 spiro atoms. The van der Waals surface area contributed by atoms with Gasteiger partial charge in [-0.1, -0.05) is 66.7 Å². The van der Waals surface area contributed by atoms with Crippen LogP contribution in [0.25, 0.3) is 58.8 Å². The Kier molecular flexibility index (Phi) is 3.90. The third-order valence-electron chi connectivity index (χ3n) is 6.56. The average molecular weight is 441 g/mol. The standard InChI is InChI=1S/C30H20N2S/c31-24-11-7-15-29-30(24)23-18-19(16-17-28(23)33-29)20-8-1-4-12-25(20)32-26-13-5-2-9-21(26)22-10-3-6-14-27(22)32/h1-18H,31H2. The quantitative estimate of drug-likeness (QED) is 0.269. The van der Waals surface area contributed by atoms with Crippen LogP contribution in [0.15, 0.2) is 109 Å². The maximum Gasteiger partial charge on any atom is 0.0541 e. The number of aromatic nitrogens is 1. The predicted octanol–water partition coefficient (Wildman–Crippen LogP) is 8.40. The third kappa shape index (κ3) is 2.66. The van der Waals surface area contributed by atoms with Crippen molar-refractivity contribution in [3.63, 3.8) is 0 Å². The minimum atomic E-state index is 0.839. The first-order valence-electron chi connectivity index (χ1n) is 11.1. The molecule has 0 aliphatic rings. The molecule has 0 radical (unpaired) electrons. The Morgan fingerprint density at radius 1 is 0.576 bits per heavy atom. The van der Waals surface area contributed by atoms with Crippen molar-refractivity contribution in [2.75, 3.05) is 5.73 Å². The van der Waals surface area contributed by atoms with E-state index >= 15 is 0 Å². The summed E-state index contributed by atoms with van der Waals surface area (Å²) in [6, 6.07) is 39.0. The molecule has 7 aromatic rings. The molecule has 7 rings (SSSR count). The highest BCUT2D eigenvalue weighted by molar-refractivity contribution is 7.26. The van der Waals surface area contributed by atoms with E-state index in [1.165, 1.54) is 53.4 Å². The average Bonchev–Trinajstić information content (AvgIpc) is 3.40. The molecule has 0 fully saturated rings. The van der Waals surface area contributed by atoms with Gasteiger partial charge in [-0.25, -0.2) is 0 Å². The molecule has 0 amide bonds. The van der Waals surface area contributed by atoms with Crippen molar-refractivity contribution in [3.8, 4) is 16.8 Å². The number of para-hydroxylation sites is 3. The smallest absolute Gasteiger partial charge is 0.0541 e. The second-order valence-corrected chi connectivity index (χ2v) is 9.50. The number of nitrogens with two attached hydrogens (primary N) is 1. The number of hydrogen-bond donors (Lipinski definition) is 1. The second kappa shape index (κ2) is 6.96. The maximum atomic E-state index is 6.39. The van der Waals surface area contributed by atoms with Gasteiger partial charge in [-0.2, -0.15) is 0 Å². The number of nitrogen functional groups attached to an aromatic ring is 1. The molecule has 3 heteroatoms. The summed E-state index contributed by atoms with van der Waals surface area (Å²) in [4.78, 5) is 0. The molecule has 2 aromatic heterocycles. The molecule has 0 aliphatic carbocycles. The van der Waals surface area contributed by atoms with E-state index in [-0.39, 0.29) is 0 Å². The number of thiophene rings is 1. The Balaban J connectivity index is 1.55. The lowest BCUT2D eigenvalue weighted by Gasteiger charge is -2.14. The molecule has 5 aromatic carbocycles. The Morgan fingerprint density at radius 2 is 1.27 bits per heavy atom. The topological polar surface area (TPSA) is 30.9 Å². The van der Waals surface area contributed by atoms with Crippen LogP contribution in [0.4, 0.5) is 5.69 Å². The van der Waals surface area contributed by atoms with Crippen LogP contribution < -0.4 is 5.73 Å². The lowest BCUT2D eigenvalue weighted by molar-refractivity contribution is 1.18. The normalized spacial score (nSPS) is 11.8. The molecule has 0 bridgehead atoms. The highest BCUT2D eigenvalue weighted by Gasteiger charge is 2.16. The van der Waals surface area contributed by atoms with Gasteiger partial charge >= 0.3 is 0 Å². The van der Waals surface area contributed by atoms with E-state index in [2.05, 4.69) is 102 Å². The van der Waals surface area contributed by atoms with Crippen LogP contribution in [-0.4, -0.2) is 4.57 Å². The zero-order valence-corrected chi connectivity index (χ0v) is 18.6. The van der Waals surface area contributed by atoms with E-state index in [0.717, 1.165) is 11.1 Å². The van der Waals surface area contributed by atoms with Gasteiger partial charge in [-0.15, -0.1) is 11.3 Å². The lowest BCUT2D eigenvalue weighted by atomic mass is 10.0. The second-order valence-electron chi connectivity index (χ2n) is 8.42. The van der Waals surface area contributed by atoms with Gasteiger partial charge in [0.2, 0.25) is 0 Å². The SMILES string of the molecule is Nc1cccc2sc3ccc(-c4ccccc4-n4c5ccccc5c5ccccc54)cc3c12. The number of benzene rings is 5. The Morgan fingerprint density at radius 3 is 2.06 bits per heavy atom. The van der Waals surface area contributed by atoms with E-state index < -0.39 is 0 Å². The van der Waals surface area contributed by atoms with Crippen LogP contribution >= 0.6 is 11.3 Å². The number of fused-ring (bicyclic) bond motifs is 6. The first-order valence-corrected chi connectivity index (χ1v) is 11.9. The number of anilines is 1. The molecule has 0 saturated heterocycles. The summed E-state index contributed by atoms with van der Waals surface area (Å²) in [6.45, 7) is 0. The van der Waals surface area contributed by atoms with E-state index in [4.69, 9.17) is 5.73 Å². The fourth-order valence-corrected chi connectivity index (χ4v) is 6.24. The van der Waals surface area contributed by atoms with Gasteiger partial charge in [-0.3, -0.25) is 0 Å². The first kappa shape index (κ1) is 18.5. The van der Waals surface area contributed by atoms with Crippen molar-refractivity contribution in [2.45, 2.75) is 0 Å². The van der Waals surface area contributed by atoms with E-state index in [1.807, 2.05) is 12.1 Å². The fourth-order valence-electron chi connectivity index (χ4n) is 5.12. The summed E-state index contributed by atoms with van der Waals surface area (Å²) in [7, 11) is 0. The Labute approximate surface area is 195 Å². The van der Waals surface area contributed by atoms with Gasteiger partial charge in [0, 0.05) is 42.2 Å². The highest BCUT2D eigenvalue weighted by Crippen LogP contribution is 2.41. The van der Waals surface area contributed by atoms with Gasteiger partial charge in [0.1, 0.15) is 0 Å². The number of hydrogen-bond acceptors (Lipinski definition) is 2. The molecule has 2 nitrogen and oxygen atoms in total. The molecule has 0 atom stereocenters. The van der Waals surface area contributed by atoms with Crippen LogP contribution in [0, 0.1) is 0 Å². The molecule has 33 heavy (non-hydrogen) atoms. The molecule has 2 N–H and O–H groups in total. The van der Waals surface area contributed by atoms with Gasteiger partial charge in [0.15, 0.2) is 0 Å². The minimum absolute atomic E-state index is 0.839. The molecule has 2 heterocycles. The van der Waals surface area contributed by atoms with Crippen molar-refractivity contribution in [1.29, 1.82) is 0 Å². The van der Waals surface area contributed by atoms with E-state index in [0.29, 0.717) is 0 Å². The summed E-state index contributed by atoms with van der Waals surface area (Å²) < 4.78 is 4.89. The summed E-state index contributed by atoms with van der Waals surface area (Å²) in [5.41, 5.74) is 13.3. The van der Waals surface area contributed by atoms with Crippen LogP contribution in [0.1, 0.15) is 0 Å². The predicted molar refractivity (Wildman–Crippen MR) is 144 cm³/mol. The first-order chi connectivity index (χ1) is 16.3. The molecule has 0 aliphatic heterocycles. The zero-order chi connectivity index (χ0) is 21.9. The van der Waals surface area contributed by atoms with Crippen LogP contribution in [0.5, 0.6) is 0 Å². The summed E-state index contributed by atoms with van der Waals surface area (Å²) in [6.07, 6.45) is 0. The van der Waals surface area contributed by atoms with Gasteiger partial charge in [-0.05, 0) is 48.0 Å². The molecule has 156 valence electrons. The maximum absolute atomic E-state index is 6.39.